The summed E-state index contributed by atoms with van der Waals surface area (Å²) in [4.78, 5) is 0. The lowest BCUT2D eigenvalue weighted by Crippen LogP contribution is -2.45. The van der Waals surface area contributed by atoms with Gasteiger partial charge in [0.15, 0.2) is 0 Å². The smallest absolute Gasteiger partial charge is 0.306 e. The number of alkyl halides is 3. The number of hydrogen-bond donors (Lipinski definition) is 1. The fraction of sp³-hybridized carbons (Fsp3) is 1.00. The highest BCUT2D eigenvalue weighted by Crippen LogP contribution is 2.40. The van der Waals surface area contributed by atoms with Gasteiger partial charge < -0.3 is 5.32 Å². The first-order valence-corrected chi connectivity index (χ1v) is 4.71. The zero-order valence-corrected chi connectivity index (χ0v) is 7.99. The molecule has 1 rings (SSSR count). The number of hydrogen-bond acceptors (Lipinski definition) is 1. The first kappa shape index (κ1) is 10.8. The van der Waals surface area contributed by atoms with Crippen molar-refractivity contribution in [2.45, 2.75) is 38.9 Å². The van der Waals surface area contributed by atoms with E-state index in [1.54, 1.807) is 0 Å². The number of rotatable bonds is 4. The molecule has 13 heavy (non-hydrogen) atoms. The van der Waals surface area contributed by atoms with E-state index >= 15 is 0 Å². The number of halogens is 3. The summed E-state index contributed by atoms with van der Waals surface area (Å²) in [6.45, 7) is 4.27. The summed E-state index contributed by atoms with van der Waals surface area (Å²) in [5.74, 6) is 0.0994. The highest BCUT2D eigenvalue weighted by Gasteiger charge is 2.48. The Morgan fingerprint density at radius 1 is 1.31 bits per heavy atom. The van der Waals surface area contributed by atoms with Gasteiger partial charge in [-0.2, -0.15) is 13.2 Å². The Morgan fingerprint density at radius 3 is 2.15 bits per heavy atom. The molecular formula is C9H16F3N. The van der Waals surface area contributed by atoms with Crippen molar-refractivity contribution < 1.29 is 13.2 Å². The summed E-state index contributed by atoms with van der Waals surface area (Å²) in [5, 5.41) is 2.60. The molecule has 0 aromatic carbocycles. The van der Waals surface area contributed by atoms with Crippen molar-refractivity contribution in [1.82, 2.24) is 5.32 Å². The lowest BCUT2D eigenvalue weighted by molar-refractivity contribution is -0.160. The number of nitrogens with one attached hydrogen (secondary N) is 1. The lowest BCUT2D eigenvalue weighted by Gasteiger charge is -2.22. The largest absolute Gasteiger partial charge is 0.404 e. The Bertz CT molecular complexity index is 161. The van der Waals surface area contributed by atoms with E-state index in [-0.39, 0.29) is 11.8 Å². The molecule has 0 amide bonds. The normalized spacial score (nSPS) is 20.8. The van der Waals surface area contributed by atoms with E-state index < -0.39 is 12.2 Å². The summed E-state index contributed by atoms with van der Waals surface area (Å²) in [6, 6.07) is -1.27. The van der Waals surface area contributed by atoms with Crippen LogP contribution in [0.4, 0.5) is 13.2 Å². The van der Waals surface area contributed by atoms with Gasteiger partial charge in [0, 0.05) is 0 Å². The molecule has 1 fully saturated rings. The molecule has 1 saturated carbocycles. The van der Waals surface area contributed by atoms with Crippen LogP contribution in [0.1, 0.15) is 26.7 Å². The zero-order valence-electron chi connectivity index (χ0n) is 7.99. The molecule has 0 heterocycles. The third-order valence-electron chi connectivity index (χ3n) is 2.19. The van der Waals surface area contributed by atoms with Crippen molar-refractivity contribution in [2.75, 3.05) is 6.54 Å². The molecule has 0 radical (unpaired) electrons. The van der Waals surface area contributed by atoms with Crippen molar-refractivity contribution in [3.8, 4) is 0 Å². The minimum Gasteiger partial charge on any atom is -0.306 e. The van der Waals surface area contributed by atoms with Crippen molar-refractivity contribution in [3.05, 3.63) is 0 Å². The average molecular weight is 195 g/mol. The molecule has 0 aliphatic heterocycles. The van der Waals surface area contributed by atoms with Crippen molar-refractivity contribution in [3.63, 3.8) is 0 Å². The summed E-state index contributed by atoms with van der Waals surface area (Å²) >= 11 is 0. The molecule has 1 aliphatic rings. The van der Waals surface area contributed by atoms with Gasteiger partial charge in [0.1, 0.15) is 6.04 Å². The van der Waals surface area contributed by atoms with E-state index in [1.807, 2.05) is 13.8 Å². The van der Waals surface area contributed by atoms with Crippen LogP contribution >= 0.6 is 0 Å². The highest BCUT2D eigenvalue weighted by atomic mass is 19.4. The molecule has 0 spiro atoms. The fourth-order valence-electron chi connectivity index (χ4n) is 1.34. The van der Waals surface area contributed by atoms with Gasteiger partial charge in [-0.05, 0) is 31.2 Å². The van der Waals surface area contributed by atoms with Gasteiger partial charge in [-0.3, -0.25) is 0 Å². The van der Waals surface area contributed by atoms with E-state index in [1.165, 1.54) is 0 Å². The highest BCUT2D eigenvalue weighted by molar-refractivity contribution is 4.91. The summed E-state index contributed by atoms with van der Waals surface area (Å²) in [6.07, 6.45) is -2.64. The van der Waals surface area contributed by atoms with Crippen LogP contribution in [0.2, 0.25) is 0 Å². The summed E-state index contributed by atoms with van der Waals surface area (Å²) < 4.78 is 37.2. The second-order valence-electron chi connectivity index (χ2n) is 4.16. The van der Waals surface area contributed by atoms with Gasteiger partial charge in [-0.1, -0.05) is 13.8 Å². The van der Waals surface area contributed by atoms with Crippen LogP contribution in [-0.2, 0) is 0 Å². The van der Waals surface area contributed by atoms with E-state index in [0.29, 0.717) is 6.54 Å². The van der Waals surface area contributed by atoms with E-state index in [0.717, 1.165) is 12.8 Å². The van der Waals surface area contributed by atoms with Crippen LogP contribution in [0.5, 0.6) is 0 Å². The summed E-state index contributed by atoms with van der Waals surface area (Å²) in [7, 11) is 0. The molecule has 0 saturated heterocycles. The minimum absolute atomic E-state index is 0.168. The van der Waals surface area contributed by atoms with E-state index in [9.17, 15) is 13.2 Å². The van der Waals surface area contributed by atoms with Gasteiger partial charge in [0.2, 0.25) is 0 Å². The Kier molecular flexibility index (Phi) is 3.22. The maximum atomic E-state index is 12.4. The van der Waals surface area contributed by atoms with E-state index in [2.05, 4.69) is 5.32 Å². The summed E-state index contributed by atoms with van der Waals surface area (Å²) in [5.41, 5.74) is 0. The molecule has 0 bridgehead atoms. The van der Waals surface area contributed by atoms with Crippen LogP contribution in [-0.4, -0.2) is 18.8 Å². The quantitative estimate of drug-likeness (QED) is 0.727. The molecule has 1 aliphatic carbocycles. The fourth-order valence-corrected chi connectivity index (χ4v) is 1.34. The van der Waals surface area contributed by atoms with Crippen LogP contribution < -0.4 is 5.32 Å². The van der Waals surface area contributed by atoms with Crippen LogP contribution in [0.3, 0.4) is 0 Å². The zero-order chi connectivity index (χ0) is 10.1. The minimum atomic E-state index is -4.07. The third kappa shape index (κ3) is 3.55. The van der Waals surface area contributed by atoms with Crippen molar-refractivity contribution in [1.29, 1.82) is 0 Å². The van der Waals surface area contributed by atoms with Gasteiger partial charge in [-0.15, -0.1) is 0 Å². The molecular weight excluding hydrogens is 179 g/mol. The van der Waals surface area contributed by atoms with Crippen LogP contribution in [0.15, 0.2) is 0 Å². The second-order valence-corrected chi connectivity index (χ2v) is 4.16. The van der Waals surface area contributed by atoms with Gasteiger partial charge in [-0.25, -0.2) is 0 Å². The Balaban J connectivity index is 2.39. The monoisotopic (exact) mass is 195 g/mol. The maximum absolute atomic E-state index is 12.4. The van der Waals surface area contributed by atoms with E-state index in [4.69, 9.17) is 0 Å². The SMILES string of the molecule is CC(C)CNC(C1CC1)C(F)(F)F. The molecule has 1 nitrogen and oxygen atoms in total. The molecule has 4 heteroatoms. The molecule has 0 aromatic rings. The topological polar surface area (TPSA) is 12.0 Å². The maximum Gasteiger partial charge on any atom is 0.404 e. The molecule has 1 N–H and O–H groups in total. The molecule has 1 atom stereocenters. The Labute approximate surface area is 76.7 Å². The first-order valence-electron chi connectivity index (χ1n) is 4.71. The van der Waals surface area contributed by atoms with Gasteiger partial charge >= 0.3 is 6.18 Å². The second kappa shape index (κ2) is 3.86. The van der Waals surface area contributed by atoms with Crippen molar-refractivity contribution >= 4 is 0 Å². The predicted molar refractivity (Wildman–Crippen MR) is 45.4 cm³/mol. The van der Waals surface area contributed by atoms with Crippen LogP contribution in [0, 0.1) is 11.8 Å². The van der Waals surface area contributed by atoms with Crippen LogP contribution in [0.25, 0.3) is 0 Å². The predicted octanol–water partition coefficient (Wildman–Crippen LogP) is 2.57. The van der Waals surface area contributed by atoms with Crippen molar-refractivity contribution in [2.24, 2.45) is 11.8 Å². The van der Waals surface area contributed by atoms with Gasteiger partial charge in [0.25, 0.3) is 0 Å². The average Bonchev–Trinajstić information content (AvgIpc) is 2.67. The first-order chi connectivity index (χ1) is 5.91. The molecule has 1 unspecified atom stereocenters. The lowest BCUT2D eigenvalue weighted by atomic mass is 10.1. The third-order valence-corrected chi connectivity index (χ3v) is 2.19. The standard InChI is InChI=1S/C9H16F3N/c1-6(2)5-13-8(7-3-4-7)9(10,11)12/h6-8,13H,3-5H2,1-2H3. The molecule has 78 valence electrons. The Hall–Kier alpha value is -0.250. The Morgan fingerprint density at radius 2 is 1.85 bits per heavy atom. The van der Waals surface area contributed by atoms with Gasteiger partial charge in [0.05, 0.1) is 0 Å². The molecule has 0 aromatic heterocycles.